The Bertz CT molecular complexity index is 1520. The predicted octanol–water partition coefficient (Wildman–Crippen LogP) is 5.82. The molecule has 0 aromatic rings. The molecular formula is C50H87O18P. The van der Waals surface area contributed by atoms with Gasteiger partial charge in [-0.25, -0.2) is 4.57 Å². The van der Waals surface area contributed by atoms with Gasteiger partial charge >= 0.3 is 19.8 Å². The second kappa shape index (κ2) is 37.4. The van der Waals surface area contributed by atoms with Crippen LogP contribution in [0, 0.1) is 0 Å². The first-order chi connectivity index (χ1) is 33.2. The van der Waals surface area contributed by atoms with Gasteiger partial charge in [0.2, 0.25) is 0 Å². The predicted molar refractivity (Wildman–Crippen MR) is 258 cm³/mol. The first kappa shape index (κ1) is 62.7. The molecule has 13 atom stereocenters. The minimum absolute atomic E-state index is 0.0110. The number of esters is 2. The maximum Gasteiger partial charge on any atom is 0.472 e. The largest absolute Gasteiger partial charge is 0.472 e. The fraction of sp³-hybridized carbons (Fsp3) is 0.800. The van der Waals surface area contributed by atoms with Crippen LogP contribution in [0.15, 0.2) is 48.6 Å². The van der Waals surface area contributed by atoms with Crippen molar-refractivity contribution in [2.24, 2.45) is 0 Å². The van der Waals surface area contributed by atoms with Crippen LogP contribution in [-0.4, -0.2) is 151 Å². The van der Waals surface area contributed by atoms with E-state index in [4.69, 9.17) is 28.0 Å². The molecule has 2 aliphatic rings. The van der Waals surface area contributed by atoms with Crippen LogP contribution in [0.2, 0.25) is 0 Å². The zero-order valence-corrected chi connectivity index (χ0v) is 42.0. The fourth-order valence-corrected chi connectivity index (χ4v) is 8.74. The Kier molecular flexibility index (Phi) is 34.0. The number of rotatable bonds is 38. The Hall–Kier alpha value is -2.39. The van der Waals surface area contributed by atoms with Gasteiger partial charge in [-0.3, -0.25) is 18.6 Å². The number of phosphoric acid groups is 1. The summed E-state index contributed by atoms with van der Waals surface area (Å²) in [7, 11) is -5.38. The van der Waals surface area contributed by atoms with Crippen molar-refractivity contribution in [1.82, 2.24) is 0 Å². The van der Waals surface area contributed by atoms with E-state index in [0.717, 1.165) is 96.3 Å². The number of aliphatic hydroxyl groups is 8. The van der Waals surface area contributed by atoms with Crippen molar-refractivity contribution in [3.05, 3.63) is 48.6 Å². The molecule has 2 fully saturated rings. The number of aliphatic hydroxyl groups excluding tert-OH is 8. The van der Waals surface area contributed by atoms with Crippen LogP contribution in [0.25, 0.3) is 0 Å². The number of hydrogen-bond acceptors (Lipinski definition) is 17. The standard InChI is InChI=1S/C50H87O18P/c1-3-5-7-9-11-13-15-17-18-19-21-22-24-26-28-30-32-39(52)63-35-37(65-40(53)33-31-29-27-25-23-20-16-14-12-10-8-6-4-2)36-64-69(61,62)68-49-46(59)44(57)43(56)45(58)48(49)67-50-47(60)42(55)41(54)38(34-51)66-50/h8,10,13-16,18-19,37-38,41-51,54-60H,3-7,9,11-12,17,20-36H2,1-2H3,(H,61,62)/b10-8-,15-13-,16-14-,19-18-/t37-,38?,41-,42?,43-,44?,45?,46?,47-,48-,49-,50-/m1/s1. The highest BCUT2D eigenvalue weighted by atomic mass is 31.2. The van der Waals surface area contributed by atoms with E-state index < -0.39 is 113 Å². The summed E-state index contributed by atoms with van der Waals surface area (Å²) in [4.78, 5) is 36.5. The molecule has 0 aromatic carbocycles. The summed E-state index contributed by atoms with van der Waals surface area (Å²) in [5, 5.41) is 82.9. The van der Waals surface area contributed by atoms with Crippen molar-refractivity contribution in [2.75, 3.05) is 19.8 Å². The van der Waals surface area contributed by atoms with Crippen LogP contribution in [0.4, 0.5) is 0 Å². The van der Waals surface area contributed by atoms with E-state index >= 15 is 0 Å². The molecule has 0 aromatic heterocycles. The average Bonchev–Trinajstić information content (AvgIpc) is 3.33. The first-order valence-corrected chi connectivity index (χ1v) is 27.0. The topological polar surface area (TPSA) is 289 Å². The van der Waals surface area contributed by atoms with E-state index in [0.29, 0.717) is 12.8 Å². The van der Waals surface area contributed by atoms with Crippen molar-refractivity contribution >= 4 is 19.8 Å². The van der Waals surface area contributed by atoms with Gasteiger partial charge in [0.05, 0.1) is 13.2 Å². The van der Waals surface area contributed by atoms with Crippen LogP contribution < -0.4 is 0 Å². The Morgan fingerprint density at radius 1 is 0.551 bits per heavy atom. The highest BCUT2D eigenvalue weighted by Crippen LogP contribution is 2.48. The van der Waals surface area contributed by atoms with Gasteiger partial charge in [0.1, 0.15) is 67.6 Å². The molecule has 0 bridgehead atoms. The highest BCUT2D eigenvalue weighted by molar-refractivity contribution is 7.47. The maximum atomic E-state index is 13.4. The van der Waals surface area contributed by atoms with Crippen molar-refractivity contribution in [3.8, 4) is 0 Å². The second-order valence-electron chi connectivity index (χ2n) is 18.0. The molecule has 0 amide bonds. The molecule has 1 heterocycles. The van der Waals surface area contributed by atoms with Crippen molar-refractivity contribution in [2.45, 2.75) is 235 Å². The van der Waals surface area contributed by atoms with Crippen LogP contribution in [0.3, 0.4) is 0 Å². The smallest absolute Gasteiger partial charge is 0.462 e. The molecule has 400 valence electrons. The zero-order chi connectivity index (χ0) is 50.9. The molecule has 0 spiro atoms. The van der Waals surface area contributed by atoms with Crippen molar-refractivity contribution < 1.29 is 87.9 Å². The summed E-state index contributed by atoms with van der Waals surface area (Å²) in [5.74, 6) is -1.25. The number of hydrogen-bond donors (Lipinski definition) is 9. The lowest BCUT2D eigenvalue weighted by atomic mass is 9.84. The average molecular weight is 1010 g/mol. The van der Waals surface area contributed by atoms with Crippen molar-refractivity contribution in [1.29, 1.82) is 0 Å². The van der Waals surface area contributed by atoms with E-state index in [1.807, 2.05) is 0 Å². The van der Waals surface area contributed by atoms with Gasteiger partial charge in [0, 0.05) is 12.8 Å². The first-order valence-electron chi connectivity index (χ1n) is 25.5. The Labute approximate surface area is 410 Å². The van der Waals surface area contributed by atoms with E-state index in [1.54, 1.807) is 0 Å². The van der Waals surface area contributed by atoms with Crippen molar-refractivity contribution in [3.63, 3.8) is 0 Å². The van der Waals surface area contributed by atoms with E-state index in [2.05, 4.69) is 62.5 Å². The molecule has 9 N–H and O–H groups in total. The Balaban J connectivity index is 1.95. The minimum atomic E-state index is -5.38. The Morgan fingerprint density at radius 2 is 1.03 bits per heavy atom. The van der Waals surface area contributed by atoms with Gasteiger partial charge < -0.3 is 64.7 Å². The summed E-state index contributed by atoms with van der Waals surface area (Å²) in [5.41, 5.74) is 0. The Morgan fingerprint density at radius 3 is 1.57 bits per heavy atom. The number of unbranched alkanes of at least 4 members (excludes halogenated alkanes) is 15. The summed E-state index contributed by atoms with van der Waals surface area (Å²) in [6.07, 6.45) is 14.8. The van der Waals surface area contributed by atoms with Crippen LogP contribution in [-0.2, 0) is 42.1 Å². The summed E-state index contributed by atoms with van der Waals surface area (Å²) >= 11 is 0. The molecule has 69 heavy (non-hydrogen) atoms. The SMILES string of the molecule is CCC/C=C\C/C=C\CCCCCCCC(=O)O[C@H](COC(=O)CCCCCCC/C=C\C/C=C\CCCCCC)COP(=O)(O)O[C@@H]1C(O)C(O)[C@@H](O)C(O)[C@H]1O[C@H]1OC(CO)[C@@H](O)C(O)[C@H]1O. The lowest BCUT2D eigenvalue weighted by molar-refractivity contribution is -0.338. The van der Waals surface area contributed by atoms with E-state index in [9.17, 15) is 59.9 Å². The van der Waals surface area contributed by atoms with E-state index in [1.165, 1.54) is 25.7 Å². The van der Waals surface area contributed by atoms with Gasteiger partial charge in [-0.1, -0.05) is 127 Å². The monoisotopic (exact) mass is 1010 g/mol. The van der Waals surface area contributed by atoms with Gasteiger partial charge in [-0.05, 0) is 70.6 Å². The molecule has 1 saturated carbocycles. The molecule has 19 heteroatoms. The fourth-order valence-electron chi connectivity index (χ4n) is 7.77. The molecule has 2 rings (SSSR count). The minimum Gasteiger partial charge on any atom is -0.462 e. The third-order valence-electron chi connectivity index (χ3n) is 12.0. The lowest BCUT2D eigenvalue weighted by Gasteiger charge is -2.47. The summed E-state index contributed by atoms with van der Waals surface area (Å²) < 4.78 is 45.4. The van der Waals surface area contributed by atoms with E-state index in [-0.39, 0.29) is 12.8 Å². The zero-order valence-electron chi connectivity index (χ0n) is 41.1. The highest BCUT2D eigenvalue weighted by Gasteiger charge is 2.55. The normalized spacial score (nSPS) is 28.0. The second-order valence-corrected chi connectivity index (χ2v) is 19.4. The summed E-state index contributed by atoms with van der Waals surface area (Å²) in [6.45, 7) is 2.11. The number of ether oxygens (including phenoxy) is 4. The van der Waals surface area contributed by atoms with Crippen LogP contribution >= 0.6 is 7.82 Å². The molecule has 1 saturated heterocycles. The summed E-state index contributed by atoms with van der Waals surface area (Å²) in [6, 6.07) is 0. The maximum absolute atomic E-state index is 13.4. The number of phosphoric ester groups is 1. The molecule has 6 unspecified atom stereocenters. The third kappa shape index (κ3) is 26.2. The van der Waals surface area contributed by atoms with Gasteiger partial charge in [-0.2, -0.15) is 0 Å². The number of carbonyl (C=O) groups excluding carboxylic acids is 2. The molecular weight excluding hydrogens is 920 g/mol. The molecule has 1 aliphatic carbocycles. The quantitative estimate of drug-likeness (QED) is 0.0152. The third-order valence-corrected chi connectivity index (χ3v) is 13.0. The lowest BCUT2D eigenvalue weighted by Crippen LogP contribution is -2.67. The molecule has 18 nitrogen and oxygen atoms in total. The van der Waals surface area contributed by atoms with Gasteiger partial charge in [-0.15, -0.1) is 0 Å². The van der Waals surface area contributed by atoms with Crippen LogP contribution in [0.5, 0.6) is 0 Å². The van der Waals surface area contributed by atoms with Crippen LogP contribution in [0.1, 0.15) is 162 Å². The van der Waals surface area contributed by atoms with Gasteiger partial charge in [0.15, 0.2) is 12.4 Å². The number of carbonyl (C=O) groups is 2. The molecule has 1 aliphatic heterocycles. The molecule has 0 radical (unpaired) electrons. The van der Waals surface area contributed by atoms with Gasteiger partial charge in [0.25, 0.3) is 0 Å². The number of allylic oxidation sites excluding steroid dienone is 8.